The molecule has 0 saturated carbocycles. The SMILES string of the molecule is Cc1ccc([S+]([O-])N=CC[C@@H](C)C(F)(F)F)cc1. The third kappa shape index (κ3) is 4.70. The van der Waals surface area contributed by atoms with E-state index in [9.17, 15) is 17.7 Å². The molecule has 0 amide bonds. The highest BCUT2D eigenvalue weighted by Crippen LogP contribution is 2.27. The highest BCUT2D eigenvalue weighted by atomic mass is 32.2. The van der Waals surface area contributed by atoms with Crippen LogP contribution in [0.15, 0.2) is 33.6 Å². The summed E-state index contributed by atoms with van der Waals surface area (Å²) in [7, 11) is 0. The normalized spacial score (nSPS) is 15.9. The van der Waals surface area contributed by atoms with Gasteiger partial charge in [0.15, 0.2) is 4.90 Å². The minimum atomic E-state index is -4.24. The van der Waals surface area contributed by atoms with Crippen LogP contribution in [0.4, 0.5) is 13.2 Å². The molecule has 0 spiro atoms. The molecule has 0 aliphatic carbocycles. The summed E-state index contributed by atoms with van der Waals surface area (Å²) in [6.45, 7) is 2.96. The highest BCUT2D eigenvalue weighted by Gasteiger charge is 2.35. The highest BCUT2D eigenvalue weighted by molar-refractivity contribution is 7.90. The summed E-state index contributed by atoms with van der Waals surface area (Å²) in [4.78, 5) is 0.483. The molecule has 1 rings (SSSR count). The molecule has 6 heteroatoms. The summed E-state index contributed by atoms with van der Waals surface area (Å²) in [5.41, 5.74) is 1.02. The predicted octanol–water partition coefficient (Wildman–Crippen LogP) is 3.68. The van der Waals surface area contributed by atoms with Gasteiger partial charge in [0.1, 0.15) is 11.4 Å². The minimum absolute atomic E-state index is 0.263. The Morgan fingerprint density at radius 2 is 1.89 bits per heavy atom. The fourth-order valence-corrected chi connectivity index (χ4v) is 1.83. The molecule has 0 saturated heterocycles. The molecule has 1 unspecified atom stereocenters. The number of rotatable bonds is 4. The van der Waals surface area contributed by atoms with Crippen LogP contribution >= 0.6 is 0 Å². The molecule has 0 aliphatic rings. The maximum atomic E-state index is 12.2. The van der Waals surface area contributed by atoms with E-state index in [4.69, 9.17) is 0 Å². The van der Waals surface area contributed by atoms with Gasteiger partial charge in [0, 0.05) is 0 Å². The van der Waals surface area contributed by atoms with Crippen LogP contribution in [0.25, 0.3) is 0 Å². The monoisotopic (exact) mass is 277 g/mol. The van der Waals surface area contributed by atoms with Crippen molar-refractivity contribution in [2.75, 3.05) is 0 Å². The van der Waals surface area contributed by atoms with Gasteiger partial charge < -0.3 is 4.55 Å². The zero-order chi connectivity index (χ0) is 13.8. The van der Waals surface area contributed by atoms with Crippen molar-refractivity contribution in [1.82, 2.24) is 0 Å². The van der Waals surface area contributed by atoms with Crippen LogP contribution < -0.4 is 0 Å². The second-order valence-corrected chi connectivity index (χ2v) is 5.21. The van der Waals surface area contributed by atoms with E-state index in [0.29, 0.717) is 4.90 Å². The van der Waals surface area contributed by atoms with Gasteiger partial charge in [-0.2, -0.15) is 13.2 Å². The Morgan fingerprint density at radius 3 is 2.39 bits per heavy atom. The van der Waals surface area contributed by atoms with Crippen LogP contribution in [-0.4, -0.2) is 16.9 Å². The van der Waals surface area contributed by atoms with Gasteiger partial charge in [0.25, 0.3) is 0 Å². The van der Waals surface area contributed by atoms with Crippen LogP contribution in [-0.2, 0) is 11.4 Å². The lowest BCUT2D eigenvalue weighted by Gasteiger charge is -2.12. The largest absolute Gasteiger partial charge is 0.586 e. The van der Waals surface area contributed by atoms with Crippen LogP contribution in [0.1, 0.15) is 18.9 Å². The van der Waals surface area contributed by atoms with Gasteiger partial charge in [-0.1, -0.05) is 29.0 Å². The Labute approximate surface area is 107 Å². The molecule has 0 N–H and O–H groups in total. The standard InChI is InChI=1S/C12H14F3NOS/c1-9-3-5-11(6-4-9)18(17)16-8-7-10(2)12(13,14)15/h3-6,8,10H,7H2,1-2H3/t10-,18?/m1/s1. The second-order valence-electron chi connectivity index (χ2n) is 4.03. The molecule has 0 aromatic heterocycles. The number of aryl methyl sites for hydroxylation is 1. The maximum Gasteiger partial charge on any atom is 0.391 e. The Bertz CT molecular complexity index is 403. The molecular formula is C12H14F3NOS. The van der Waals surface area contributed by atoms with Crippen molar-refractivity contribution in [3.63, 3.8) is 0 Å². The smallest absolute Gasteiger partial charge is 0.391 e. The fraction of sp³-hybridized carbons (Fsp3) is 0.417. The molecule has 100 valence electrons. The summed E-state index contributed by atoms with van der Waals surface area (Å²) in [5.74, 6) is -1.48. The third-order valence-corrected chi connectivity index (χ3v) is 3.43. The maximum absolute atomic E-state index is 12.2. The Hall–Kier alpha value is -1.01. The molecule has 1 aromatic rings. The summed E-state index contributed by atoms with van der Waals surface area (Å²) >= 11 is -1.63. The van der Waals surface area contributed by atoms with Crippen molar-refractivity contribution < 1.29 is 17.7 Å². The van der Waals surface area contributed by atoms with E-state index in [0.717, 1.165) is 18.7 Å². The van der Waals surface area contributed by atoms with Crippen LogP contribution in [0.5, 0.6) is 0 Å². The topological polar surface area (TPSA) is 35.4 Å². The molecule has 0 fully saturated rings. The molecule has 1 aromatic carbocycles. The van der Waals surface area contributed by atoms with E-state index in [2.05, 4.69) is 4.40 Å². The van der Waals surface area contributed by atoms with Crippen molar-refractivity contribution in [2.24, 2.45) is 10.3 Å². The number of benzene rings is 1. The van der Waals surface area contributed by atoms with Gasteiger partial charge in [-0.25, -0.2) is 0 Å². The van der Waals surface area contributed by atoms with Gasteiger partial charge >= 0.3 is 6.18 Å². The molecule has 18 heavy (non-hydrogen) atoms. The molecule has 0 bridgehead atoms. The first kappa shape index (κ1) is 15.0. The number of hydrogen-bond donors (Lipinski definition) is 0. The van der Waals surface area contributed by atoms with Crippen LogP contribution in [0.3, 0.4) is 0 Å². The summed E-state index contributed by atoms with van der Waals surface area (Å²) in [6, 6.07) is 6.86. The van der Waals surface area contributed by atoms with E-state index in [1.54, 1.807) is 24.3 Å². The molecule has 0 heterocycles. The van der Waals surface area contributed by atoms with Crippen molar-refractivity contribution in [3.8, 4) is 0 Å². The van der Waals surface area contributed by atoms with Gasteiger partial charge in [-0.15, -0.1) is 0 Å². The number of halogens is 3. The van der Waals surface area contributed by atoms with Crippen molar-refractivity contribution >= 4 is 17.6 Å². The van der Waals surface area contributed by atoms with Crippen LogP contribution in [0.2, 0.25) is 0 Å². The average Bonchev–Trinajstić information content (AvgIpc) is 2.28. The van der Waals surface area contributed by atoms with E-state index < -0.39 is 23.5 Å². The third-order valence-electron chi connectivity index (χ3n) is 2.41. The fourth-order valence-electron chi connectivity index (χ4n) is 1.12. The predicted molar refractivity (Wildman–Crippen MR) is 65.9 cm³/mol. The summed E-state index contributed by atoms with van der Waals surface area (Å²) in [6.07, 6.45) is -3.42. The average molecular weight is 277 g/mol. The van der Waals surface area contributed by atoms with E-state index in [-0.39, 0.29) is 6.42 Å². The van der Waals surface area contributed by atoms with Crippen LogP contribution in [0, 0.1) is 12.8 Å². The molecule has 2 atom stereocenters. The number of nitrogens with zero attached hydrogens (tertiary/aromatic N) is 1. The lowest BCUT2D eigenvalue weighted by Crippen LogP contribution is -2.20. The Balaban J connectivity index is 2.54. The van der Waals surface area contributed by atoms with Crippen molar-refractivity contribution in [2.45, 2.75) is 31.3 Å². The first-order chi connectivity index (χ1) is 8.30. The zero-order valence-corrected chi connectivity index (χ0v) is 10.9. The second kappa shape index (κ2) is 6.24. The van der Waals surface area contributed by atoms with Crippen molar-refractivity contribution in [1.29, 1.82) is 0 Å². The van der Waals surface area contributed by atoms with E-state index >= 15 is 0 Å². The quantitative estimate of drug-likeness (QED) is 0.611. The molecular weight excluding hydrogens is 263 g/mol. The van der Waals surface area contributed by atoms with Gasteiger partial charge in [-0.05, 0) is 25.5 Å². The lowest BCUT2D eigenvalue weighted by atomic mass is 10.1. The summed E-state index contributed by atoms with van der Waals surface area (Å²) in [5, 5.41) is 0. The van der Waals surface area contributed by atoms with Crippen molar-refractivity contribution in [3.05, 3.63) is 29.8 Å². The van der Waals surface area contributed by atoms with E-state index in [1.807, 2.05) is 6.92 Å². The molecule has 0 radical (unpaired) electrons. The van der Waals surface area contributed by atoms with Gasteiger partial charge in [0.2, 0.25) is 0 Å². The van der Waals surface area contributed by atoms with Gasteiger partial charge in [0.05, 0.1) is 12.1 Å². The molecule has 2 nitrogen and oxygen atoms in total. The lowest BCUT2D eigenvalue weighted by molar-refractivity contribution is -0.167. The molecule has 0 aliphatic heterocycles. The van der Waals surface area contributed by atoms with E-state index in [1.165, 1.54) is 0 Å². The number of alkyl halides is 3. The first-order valence-electron chi connectivity index (χ1n) is 5.38. The van der Waals surface area contributed by atoms with Gasteiger partial charge in [-0.3, -0.25) is 0 Å². The summed E-state index contributed by atoms with van der Waals surface area (Å²) < 4.78 is 51.9. The zero-order valence-electron chi connectivity index (χ0n) is 10.1. The Morgan fingerprint density at radius 1 is 1.33 bits per heavy atom. The Kier molecular flexibility index (Phi) is 5.22. The minimum Gasteiger partial charge on any atom is -0.586 e. The number of hydrogen-bond acceptors (Lipinski definition) is 2. The first-order valence-corrected chi connectivity index (χ1v) is 6.49.